The molecule has 0 radical (unpaired) electrons. The average molecular weight is 467 g/mol. The largest absolute Gasteiger partial charge is 0.457 e. The summed E-state index contributed by atoms with van der Waals surface area (Å²) < 4.78 is 26.2. The molecule has 0 saturated heterocycles. The summed E-state index contributed by atoms with van der Waals surface area (Å²) in [5.41, 5.74) is 2.10. The number of hydrogen-bond donors (Lipinski definition) is 2. The van der Waals surface area contributed by atoms with Crippen molar-refractivity contribution in [2.75, 3.05) is 10.6 Å². The normalized spacial score (nSPS) is 11.3. The van der Waals surface area contributed by atoms with Gasteiger partial charge in [0.15, 0.2) is 0 Å². The minimum absolute atomic E-state index is 0.0240. The van der Waals surface area contributed by atoms with Crippen LogP contribution in [-0.2, 0) is 12.5 Å². The molecule has 1 aromatic carbocycles. The minimum atomic E-state index is -0.628. The van der Waals surface area contributed by atoms with Crippen LogP contribution in [0, 0.1) is 5.82 Å². The van der Waals surface area contributed by atoms with E-state index in [2.05, 4.69) is 25.1 Å². The molecule has 10 heteroatoms. The second-order valence-electron chi connectivity index (χ2n) is 8.37. The van der Waals surface area contributed by atoms with E-state index in [1.165, 1.54) is 23.7 Å². The molecule has 0 fully saturated rings. The van der Waals surface area contributed by atoms with Crippen molar-refractivity contribution in [2.45, 2.75) is 26.2 Å². The molecule has 33 heavy (non-hydrogen) atoms. The first kappa shape index (κ1) is 22.4. The maximum absolute atomic E-state index is 14.6. The van der Waals surface area contributed by atoms with E-state index in [0.717, 1.165) is 11.4 Å². The first-order valence-corrected chi connectivity index (χ1v) is 11.0. The summed E-state index contributed by atoms with van der Waals surface area (Å²) in [6.45, 7) is 6.10. The number of ether oxygens (including phenoxy) is 1. The molecule has 0 atom stereocenters. The van der Waals surface area contributed by atoms with Gasteiger partial charge in [-0.3, -0.25) is 15.0 Å². The lowest BCUT2D eigenvalue weighted by molar-refractivity contribution is 0.262. The van der Waals surface area contributed by atoms with Gasteiger partial charge in [-0.05, 0) is 35.8 Å². The van der Waals surface area contributed by atoms with Crippen LogP contribution in [0.15, 0.2) is 54.0 Å². The third-order valence-corrected chi connectivity index (χ3v) is 5.31. The second-order valence-corrected chi connectivity index (χ2v) is 9.04. The molecule has 170 valence electrons. The molecule has 0 aliphatic rings. The minimum Gasteiger partial charge on any atom is -0.457 e. The van der Waals surface area contributed by atoms with Crippen LogP contribution in [0.5, 0.6) is 11.5 Å². The molecule has 2 amide bonds. The van der Waals surface area contributed by atoms with Gasteiger partial charge in [0.2, 0.25) is 0 Å². The van der Waals surface area contributed by atoms with E-state index >= 15 is 0 Å². The van der Waals surface area contributed by atoms with Gasteiger partial charge in [-0.2, -0.15) is 9.47 Å². The fourth-order valence-electron chi connectivity index (χ4n) is 2.98. The summed E-state index contributed by atoms with van der Waals surface area (Å²) in [7, 11) is 1.73. The topological polar surface area (TPSA) is 94.0 Å². The molecular weight excluding hydrogens is 443 g/mol. The quantitative estimate of drug-likeness (QED) is 0.387. The number of carbonyl (C=O) groups is 1. The first-order valence-electron chi connectivity index (χ1n) is 10.2. The summed E-state index contributed by atoms with van der Waals surface area (Å²) in [6.07, 6.45) is 1.60. The molecule has 4 aromatic rings. The highest BCUT2D eigenvalue weighted by atomic mass is 32.1. The molecule has 2 N–H and O–H groups in total. The standard InChI is InChI=1S/C23H23FN6O2S/c1-23(2,3)20-13-21(30(4)28-20)27-22(31)26-17-6-5-14(11-16(17)24)32-15-7-9-25-19(12-15)18-8-10-33-29-18/h5-13H,1-4H3,(H2,26,27,31). The van der Waals surface area contributed by atoms with E-state index in [1.54, 1.807) is 42.2 Å². The predicted octanol–water partition coefficient (Wildman–Crippen LogP) is 5.81. The zero-order chi connectivity index (χ0) is 23.6. The Morgan fingerprint density at radius 2 is 1.85 bits per heavy atom. The van der Waals surface area contributed by atoms with Crippen LogP contribution >= 0.6 is 11.5 Å². The molecule has 0 saturated carbocycles. The van der Waals surface area contributed by atoms with Crippen LogP contribution in [0.1, 0.15) is 26.5 Å². The summed E-state index contributed by atoms with van der Waals surface area (Å²) in [5.74, 6) is 0.662. The Morgan fingerprint density at radius 3 is 2.52 bits per heavy atom. The van der Waals surface area contributed by atoms with Crippen molar-refractivity contribution in [2.24, 2.45) is 7.05 Å². The van der Waals surface area contributed by atoms with Gasteiger partial charge in [0.25, 0.3) is 0 Å². The van der Waals surface area contributed by atoms with Crippen LogP contribution < -0.4 is 15.4 Å². The van der Waals surface area contributed by atoms with E-state index in [0.29, 0.717) is 17.3 Å². The van der Waals surface area contributed by atoms with Crippen LogP contribution in [0.25, 0.3) is 11.4 Å². The second kappa shape index (κ2) is 8.99. The van der Waals surface area contributed by atoms with Gasteiger partial charge >= 0.3 is 6.03 Å². The highest BCUT2D eigenvalue weighted by Crippen LogP contribution is 2.28. The number of rotatable bonds is 5. The maximum Gasteiger partial charge on any atom is 0.324 e. The molecule has 0 bridgehead atoms. The Balaban J connectivity index is 1.42. The molecule has 3 aromatic heterocycles. The Kier molecular flexibility index (Phi) is 6.10. The number of nitrogens with zero attached hydrogens (tertiary/aromatic N) is 4. The third-order valence-electron chi connectivity index (χ3n) is 4.75. The van der Waals surface area contributed by atoms with Crippen LogP contribution in [-0.4, -0.2) is 25.2 Å². The van der Waals surface area contributed by atoms with Gasteiger partial charge in [-0.1, -0.05) is 20.8 Å². The summed E-state index contributed by atoms with van der Waals surface area (Å²) in [5, 5.41) is 11.5. The maximum atomic E-state index is 14.6. The number of aryl methyl sites for hydroxylation is 1. The molecular formula is C23H23FN6O2S. The van der Waals surface area contributed by atoms with E-state index < -0.39 is 11.8 Å². The summed E-state index contributed by atoms with van der Waals surface area (Å²) in [6, 6.07) is 10.7. The van der Waals surface area contributed by atoms with Crippen molar-refractivity contribution < 1.29 is 13.9 Å². The van der Waals surface area contributed by atoms with Crippen molar-refractivity contribution in [1.29, 1.82) is 0 Å². The van der Waals surface area contributed by atoms with E-state index in [-0.39, 0.29) is 16.9 Å². The zero-order valence-corrected chi connectivity index (χ0v) is 19.4. The van der Waals surface area contributed by atoms with Crippen molar-refractivity contribution >= 4 is 29.1 Å². The predicted molar refractivity (Wildman–Crippen MR) is 126 cm³/mol. The number of carbonyl (C=O) groups excluding carboxylic acids is 1. The number of amides is 2. The van der Waals surface area contributed by atoms with Gasteiger partial charge in [0.05, 0.1) is 17.1 Å². The molecule has 0 aliphatic heterocycles. The molecule has 0 aliphatic carbocycles. The average Bonchev–Trinajstić information content (AvgIpc) is 3.41. The number of urea groups is 1. The van der Waals surface area contributed by atoms with E-state index in [4.69, 9.17) is 4.74 Å². The van der Waals surface area contributed by atoms with E-state index in [1.807, 2.05) is 32.2 Å². The fraction of sp³-hybridized carbons (Fsp3) is 0.217. The van der Waals surface area contributed by atoms with Crippen molar-refractivity contribution in [3.8, 4) is 22.9 Å². The van der Waals surface area contributed by atoms with Gasteiger partial charge in [-0.25, -0.2) is 9.18 Å². The number of anilines is 2. The van der Waals surface area contributed by atoms with Gasteiger partial charge in [0.1, 0.15) is 28.8 Å². The van der Waals surface area contributed by atoms with Crippen LogP contribution in [0.4, 0.5) is 20.7 Å². The first-order chi connectivity index (χ1) is 15.7. The highest BCUT2D eigenvalue weighted by Gasteiger charge is 2.20. The van der Waals surface area contributed by atoms with Crippen molar-refractivity contribution in [3.05, 3.63) is 65.6 Å². The third kappa shape index (κ3) is 5.35. The van der Waals surface area contributed by atoms with Crippen molar-refractivity contribution in [1.82, 2.24) is 19.1 Å². The highest BCUT2D eigenvalue weighted by molar-refractivity contribution is 7.03. The Morgan fingerprint density at radius 1 is 1.06 bits per heavy atom. The number of hydrogen-bond acceptors (Lipinski definition) is 6. The fourth-order valence-corrected chi connectivity index (χ4v) is 3.50. The number of halogens is 1. The number of aromatic nitrogens is 4. The Bertz CT molecular complexity index is 1280. The molecule has 8 nitrogen and oxygen atoms in total. The smallest absolute Gasteiger partial charge is 0.324 e. The molecule has 0 spiro atoms. The van der Waals surface area contributed by atoms with Gasteiger partial charge < -0.3 is 10.1 Å². The van der Waals surface area contributed by atoms with Gasteiger partial charge in [0, 0.05) is 42.2 Å². The number of nitrogens with one attached hydrogen (secondary N) is 2. The zero-order valence-electron chi connectivity index (χ0n) is 18.6. The van der Waals surface area contributed by atoms with Crippen LogP contribution in [0.2, 0.25) is 0 Å². The molecule has 3 heterocycles. The van der Waals surface area contributed by atoms with E-state index in [9.17, 15) is 9.18 Å². The lowest BCUT2D eigenvalue weighted by atomic mass is 9.92. The molecule has 4 rings (SSSR count). The summed E-state index contributed by atoms with van der Waals surface area (Å²) >= 11 is 1.33. The Hall–Kier alpha value is -3.79. The monoisotopic (exact) mass is 466 g/mol. The van der Waals surface area contributed by atoms with Gasteiger partial charge in [-0.15, -0.1) is 0 Å². The Labute approximate surface area is 194 Å². The van der Waals surface area contributed by atoms with Crippen molar-refractivity contribution in [3.63, 3.8) is 0 Å². The SMILES string of the molecule is Cn1nc(C(C)(C)C)cc1NC(=O)Nc1ccc(Oc2ccnc(-c3ccsn3)c2)cc1F. The lowest BCUT2D eigenvalue weighted by Gasteiger charge is -2.13. The molecule has 0 unspecified atom stereocenters. The number of pyridine rings is 1. The van der Waals surface area contributed by atoms with Crippen LogP contribution in [0.3, 0.4) is 0 Å². The summed E-state index contributed by atoms with van der Waals surface area (Å²) in [4.78, 5) is 16.7. The number of benzene rings is 1. The lowest BCUT2D eigenvalue weighted by Crippen LogP contribution is -2.21.